The van der Waals surface area contributed by atoms with Crippen LogP contribution in [0.2, 0.25) is 0 Å². The number of aliphatic hydroxyl groups excluding tert-OH is 1. The standard InChI is InChI=1S/C25H25N7O2/c1-15-10-17(33)6-8-31(15)16-2-5-22(27-11-16)30-20-4-3-18(19-12-29-25(34)24(19)20)21-13-28-23-14-26-7-9-32(21)23/h2-5,7,9,11,13-15,17,33H,6,8,10,12H2,1H3,(H,27,30)(H,29,34)/t15-,17+/m1/s1. The van der Waals surface area contributed by atoms with Crippen molar-refractivity contribution < 1.29 is 9.90 Å². The number of aromatic nitrogens is 4. The smallest absolute Gasteiger partial charge is 0.254 e. The number of imidazole rings is 1. The third-order valence-electron chi connectivity index (χ3n) is 6.75. The fourth-order valence-corrected chi connectivity index (χ4v) is 5.03. The van der Waals surface area contributed by atoms with Crippen LogP contribution >= 0.6 is 0 Å². The molecule has 34 heavy (non-hydrogen) atoms. The number of fused-ring (bicyclic) bond motifs is 2. The SMILES string of the molecule is C[C@@H]1C[C@@H](O)CCN1c1ccc(Nc2ccc(-c3cnc4cnccn34)c3c2C(=O)NC3)nc1. The molecule has 0 radical (unpaired) electrons. The first-order valence-electron chi connectivity index (χ1n) is 11.5. The van der Waals surface area contributed by atoms with Crippen molar-refractivity contribution in [3.63, 3.8) is 0 Å². The number of hydrogen-bond donors (Lipinski definition) is 3. The van der Waals surface area contributed by atoms with Gasteiger partial charge in [-0.3, -0.25) is 14.2 Å². The molecule has 2 atom stereocenters. The first-order chi connectivity index (χ1) is 16.6. The van der Waals surface area contributed by atoms with Gasteiger partial charge in [-0.1, -0.05) is 6.07 Å². The van der Waals surface area contributed by atoms with E-state index in [-0.39, 0.29) is 18.1 Å². The summed E-state index contributed by atoms with van der Waals surface area (Å²) in [6.45, 7) is 3.39. The lowest BCUT2D eigenvalue weighted by atomic mass is 9.99. The number of piperidine rings is 1. The summed E-state index contributed by atoms with van der Waals surface area (Å²) < 4.78 is 1.97. The maximum atomic E-state index is 12.8. The van der Waals surface area contributed by atoms with Crippen molar-refractivity contribution in [1.29, 1.82) is 0 Å². The van der Waals surface area contributed by atoms with Crippen molar-refractivity contribution in [2.24, 2.45) is 0 Å². The molecular formula is C25H25N7O2. The van der Waals surface area contributed by atoms with Crippen LogP contribution in [-0.4, -0.2) is 49.1 Å². The third-order valence-corrected chi connectivity index (χ3v) is 6.75. The summed E-state index contributed by atoms with van der Waals surface area (Å²) in [6, 6.07) is 8.16. The maximum absolute atomic E-state index is 12.8. The van der Waals surface area contributed by atoms with Crippen LogP contribution in [0.4, 0.5) is 17.2 Å². The Morgan fingerprint density at radius 3 is 2.88 bits per heavy atom. The topological polar surface area (TPSA) is 108 Å². The zero-order valence-electron chi connectivity index (χ0n) is 18.8. The molecule has 2 aliphatic heterocycles. The minimum absolute atomic E-state index is 0.104. The van der Waals surface area contributed by atoms with Crippen LogP contribution in [0.25, 0.3) is 16.9 Å². The molecule has 3 N–H and O–H groups in total. The molecule has 0 unspecified atom stereocenters. The average Bonchev–Trinajstić information content (AvgIpc) is 3.45. The van der Waals surface area contributed by atoms with E-state index in [1.165, 1.54) is 0 Å². The van der Waals surface area contributed by atoms with E-state index in [1.54, 1.807) is 12.4 Å². The number of aliphatic hydroxyl groups is 1. The Morgan fingerprint density at radius 1 is 1.15 bits per heavy atom. The van der Waals surface area contributed by atoms with E-state index >= 15 is 0 Å². The van der Waals surface area contributed by atoms with Crippen LogP contribution in [0.3, 0.4) is 0 Å². The van der Waals surface area contributed by atoms with Crippen LogP contribution < -0.4 is 15.5 Å². The first kappa shape index (κ1) is 20.6. The molecule has 1 amide bonds. The summed E-state index contributed by atoms with van der Waals surface area (Å²) in [5.41, 5.74) is 5.95. The molecule has 1 saturated heterocycles. The molecule has 4 aromatic rings. The second-order valence-electron chi connectivity index (χ2n) is 8.89. The van der Waals surface area contributed by atoms with Gasteiger partial charge in [0.05, 0.1) is 47.3 Å². The minimum Gasteiger partial charge on any atom is -0.393 e. The number of anilines is 3. The summed E-state index contributed by atoms with van der Waals surface area (Å²) in [6.07, 6.45) is 10.3. The lowest BCUT2D eigenvalue weighted by Crippen LogP contribution is -2.42. The summed E-state index contributed by atoms with van der Waals surface area (Å²) in [4.78, 5) is 28.2. The number of amides is 1. The van der Waals surface area contributed by atoms with E-state index < -0.39 is 0 Å². The van der Waals surface area contributed by atoms with Gasteiger partial charge in [-0.15, -0.1) is 0 Å². The van der Waals surface area contributed by atoms with Crippen LogP contribution in [0, 0.1) is 0 Å². The van der Waals surface area contributed by atoms with E-state index in [0.717, 1.165) is 53.2 Å². The van der Waals surface area contributed by atoms with Gasteiger partial charge in [-0.05, 0) is 43.5 Å². The molecule has 5 heterocycles. The first-order valence-corrected chi connectivity index (χ1v) is 11.5. The quantitative estimate of drug-likeness (QED) is 0.434. The number of rotatable bonds is 4. The molecule has 3 aromatic heterocycles. The second-order valence-corrected chi connectivity index (χ2v) is 8.89. The van der Waals surface area contributed by atoms with E-state index in [4.69, 9.17) is 0 Å². The fraction of sp³-hybridized carbons (Fsp3) is 0.280. The van der Waals surface area contributed by atoms with Crippen molar-refractivity contribution in [3.05, 3.63) is 66.4 Å². The van der Waals surface area contributed by atoms with Gasteiger partial charge in [0.15, 0.2) is 5.65 Å². The predicted octanol–water partition coefficient (Wildman–Crippen LogP) is 3.13. The van der Waals surface area contributed by atoms with Crippen LogP contribution in [0.5, 0.6) is 0 Å². The highest BCUT2D eigenvalue weighted by Crippen LogP contribution is 2.35. The van der Waals surface area contributed by atoms with Gasteiger partial charge in [0.1, 0.15) is 5.82 Å². The monoisotopic (exact) mass is 455 g/mol. The number of carbonyl (C=O) groups is 1. The number of nitrogens with one attached hydrogen (secondary N) is 2. The van der Waals surface area contributed by atoms with Gasteiger partial charge >= 0.3 is 0 Å². The minimum atomic E-state index is -0.228. The molecule has 2 aliphatic rings. The maximum Gasteiger partial charge on any atom is 0.254 e. The van der Waals surface area contributed by atoms with Crippen molar-refractivity contribution >= 4 is 28.7 Å². The molecular weight excluding hydrogens is 430 g/mol. The Bertz CT molecular complexity index is 1380. The molecule has 0 spiro atoms. The molecule has 9 heteroatoms. The number of hydrogen-bond acceptors (Lipinski definition) is 7. The molecule has 1 aromatic carbocycles. The summed E-state index contributed by atoms with van der Waals surface area (Å²) in [5.74, 6) is 0.566. The lowest BCUT2D eigenvalue weighted by Gasteiger charge is -2.37. The Kier molecular flexibility index (Phi) is 4.91. The van der Waals surface area contributed by atoms with Gasteiger partial charge in [-0.25, -0.2) is 9.97 Å². The van der Waals surface area contributed by atoms with Gasteiger partial charge < -0.3 is 20.6 Å². The molecule has 0 bridgehead atoms. The van der Waals surface area contributed by atoms with E-state index in [9.17, 15) is 9.90 Å². The molecule has 0 aliphatic carbocycles. The summed E-state index contributed by atoms with van der Waals surface area (Å²) >= 11 is 0. The Balaban J connectivity index is 1.30. The summed E-state index contributed by atoms with van der Waals surface area (Å²) in [7, 11) is 0. The normalized spacial score (nSPS) is 19.8. The Hall–Kier alpha value is -3.98. The van der Waals surface area contributed by atoms with Crippen molar-refractivity contribution in [2.45, 2.75) is 38.5 Å². The second kappa shape index (κ2) is 8.11. The molecule has 1 fully saturated rings. The van der Waals surface area contributed by atoms with Crippen LogP contribution in [0.15, 0.2) is 55.2 Å². The van der Waals surface area contributed by atoms with Crippen LogP contribution in [-0.2, 0) is 6.54 Å². The van der Waals surface area contributed by atoms with Crippen molar-refractivity contribution in [3.8, 4) is 11.3 Å². The van der Waals surface area contributed by atoms with Gasteiger partial charge in [0, 0.05) is 37.1 Å². The average molecular weight is 456 g/mol. The number of nitrogens with zero attached hydrogens (tertiary/aromatic N) is 5. The van der Waals surface area contributed by atoms with Crippen LogP contribution in [0.1, 0.15) is 35.7 Å². The summed E-state index contributed by atoms with van der Waals surface area (Å²) in [5, 5.41) is 16.2. The number of carbonyl (C=O) groups excluding carboxylic acids is 1. The number of pyridine rings is 1. The van der Waals surface area contributed by atoms with Gasteiger partial charge in [-0.2, -0.15) is 0 Å². The molecule has 0 saturated carbocycles. The van der Waals surface area contributed by atoms with Gasteiger partial charge in [0.2, 0.25) is 0 Å². The van der Waals surface area contributed by atoms with E-state index in [1.807, 2.05) is 47.3 Å². The Labute approximate surface area is 196 Å². The number of benzene rings is 1. The lowest BCUT2D eigenvalue weighted by molar-refractivity contribution is 0.0966. The molecule has 172 valence electrons. The highest BCUT2D eigenvalue weighted by atomic mass is 16.3. The Morgan fingerprint density at radius 2 is 2.06 bits per heavy atom. The van der Waals surface area contributed by atoms with Crippen molar-refractivity contribution in [1.82, 2.24) is 24.7 Å². The molecule has 9 nitrogen and oxygen atoms in total. The predicted molar refractivity (Wildman–Crippen MR) is 129 cm³/mol. The van der Waals surface area contributed by atoms with Crippen molar-refractivity contribution in [2.75, 3.05) is 16.8 Å². The molecule has 6 rings (SSSR count). The van der Waals surface area contributed by atoms with Gasteiger partial charge in [0.25, 0.3) is 5.91 Å². The third kappa shape index (κ3) is 3.45. The fourth-order valence-electron chi connectivity index (χ4n) is 5.03. The zero-order chi connectivity index (χ0) is 23.2. The highest BCUT2D eigenvalue weighted by Gasteiger charge is 2.28. The zero-order valence-corrected chi connectivity index (χ0v) is 18.8. The van der Waals surface area contributed by atoms with E-state index in [0.29, 0.717) is 17.9 Å². The largest absolute Gasteiger partial charge is 0.393 e. The van der Waals surface area contributed by atoms with E-state index in [2.05, 4.69) is 37.4 Å². The highest BCUT2D eigenvalue weighted by molar-refractivity contribution is 6.06.